The van der Waals surface area contributed by atoms with Crippen LogP contribution in [0.4, 0.5) is 5.69 Å². The molecule has 6 heteroatoms. The van der Waals surface area contributed by atoms with Gasteiger partial charge in [0.05, 0.1) is 19.4 Å². The zero-order chi connectivity index (χ0) is 16.7. The largest absolute Gasteiger partial charge is 0.497 e. The van der Waals surface area contributed by atoms with E-state index in [0.717, 1.165) is 17.0 Å². The first-order chi connectivity index (χ1) is 11.1. The average molecular weight is 332 g/mol. The SMILES string of the molecule is COc1ccc(/C(C)=N/NC(=O)CNc2cccc(Cl)c2)cc1. The van der Waals surface area contributed by atoms with Crippen LogP contribution in [0.1, 0.15) is 12.5 Å². The van der Waals surface area contributed by atoms with Crippen LogP contribution in [0.5, 0.6) is 5.75 Å². The highest BCUT2D eigenvalue weighted by Crippen LogP contribution is 2.14. The normalized spacial score (nSPS) is 11.0. The number of ether oxygens (including phenoxy) is 1. The molecule has 0 radical (unpaired) electrons. The summed E-state index contributed by atoms with van der Waals surface area (Å²) in [5.74, 6) is 0.536. The number of hydrogen-bond acceptors (Lipinski definition) is 4. The Labute approximate surface area is 140 Å². The molecule has 0 unspecified atom stereocenters. The zero-order valence-corrected chi connectivity index (χ0v) is 13.7. The smallest absolute Gasteiger partial charge is 0.259 e. The van der Waals surface area contributed by atoms with E-state index in [-0.39, 0.29) is 12.5 Å². The Morgan fingerprint density at radius 1 is 1.22 bits per heavy atom. The van der Waals surface area contributed by atoms with Gasteiger partial charge >= 0.3 is 0 Å². The number of anilines is 1. The van der Waals surface area contributed by atoms with Crippen molar-refractivity contribution < 1.29 is 9.53 Å². The molecule has 2 aromatic rings. The number of carbonyl (C=O) groups excluding carboxylic acids is 1. The maximum absolute atomic E-state index is 11.8. The first-order valence-corrected chi connectivity index (χ1v) is 7.43. The lowest BCUT2D eigenvalue weighted by Gasteiger charge is -2.07. The highest BCUT2D eigenvalue weighted by molar-refractivity contribution is 6.30. The molecule has 23 heavy (non-hydrogen) atoms. The number of hydrogen-bond donors (Lipinski definition) is 2. The van der Waals surface area contributed by atoms with Gasteiger partial charge in [-0.2, -0.15) is 5.10 Å². The maximum Gasteiger partial charge on any atom is 0.259 e. The number of rotatable bonds is 6. The summed E-state index contributed by atoms with van der Waals surface area (Å²) in [5, 5.41) is 7.69. The lowest BCUT2D eigenvalue weighted by molar-refractivity contribution is -0.119. The van der Waals surface area contributed by atoms with Gasteiger partial charge in [0.1, 0.15) is 5.75 Å². The number of halogens is 1. The lowest BCUT2D eigenvalue weighted by Crippen LogP contribution is -2.26. The van der Waals surface area contributed by atoms with Crippen LogP contribution >= 0.6 is 11.6 Å². The monoisotopic (exact) mass is 331 g/mol. The fourth-order valence-corrected chi connectivity index (χ4v) is 2.05. The quantitative estimate of drug-likeness (QED) is 0.630. The Balaban J connectivity index is 1.86. The number of amides is 1. The molecule has 0 bridgehead atoms. The van der Waals surface area contributed by atoms with E-state index in [1.165, 1.54) is 0 Å². The Kier molecular flexibility index (Phi) is 6.00. The van der Waals surface area contributed by atoms with Crippen molar-refractivity contribution in [1.29, 1.82) is 0 Å². The highest BCUT2D eigenvalue weighted by atomic mass is 35.5. The van der Waals surface area contributed by atoms with E-state index >= 15 is 0 Å². The molecule has 1 amide bonds. The van der Waals surface area contributed by atoms with Gasteiger partial charge in [0, 0.05) is 10.7 Å². The van der Waals surface area contributed by atoms with Gasteiger partial charge in [0.2, 0.25) is 0 Å². The molecule has 0 aromatic heterocycles. The highest BCUT2D eigenvalue weighted by Gasteiger charge is 2.02. The van der Waals surface area contributed by atoms with Crippen LogP contribution in [0.15, 0.2) is 53.6 Å². The fourth-order valence-electron chi connectivity index (χ4n) is 1.86. The Hall–Kier alpha value is -2.53. The number of carbonyl (C=O) groups is 1. The van der Waals surface area contributed by atoms with E-state index in [0.29, 0.717) is 10.7 Å². The fraction of sp³-hybridized carbons (Fsp3) is 0.176. The van der Waals surface area contributed by atoms with Gasteiger partial charge in [-0.3, -0.25) is 4.79 Å². The van der Waals surface area contributed by atoms with Crippen LogP contribution in [-0.2, 0) is 4.79 Å². The molecule has 120 valence electrons. The van der Waals surface area contributed by atoms with Gasteiger partial charge in [0.25, 0.3) is 5.91 Å². The van der Waals surface area contributed by atoms with Crippen molar-refractivity contribution in [3.8, 4) is 5.75 Å². The maximum atomic E-state index is 11.8. The first-order valence-electron chi connectivity index (χ1n) is 7.05. The molecule has 0 fully saturated rings. The van der Waals surface area contributed by atoms with Crippen molar-refractivity contribution in [3.05, 3.63) is 59.1 Å². The summed E-state index contributed by atoms with van der Waals surface area (Å²) in [6.45, 7) is 1.94. The van der Waals surface area contributed by atoms with E-state index < -0.39 is 0 Å². The average Bonchev–Trinajstić information content (AvgIpc) is 2.58. The second-order valence-electron chi connectivity index (χ2n) is 4.82. The number of hydrazone groups is 1. The summed E-state index contributed by atoms with van der Waals surface area (Å²) in [7, 11) is 1.61. The number of methoxy groups -OCH3 is 1. The molecule has 0 heterocycles. The van der Waals surface area contributed by atoms with E-state index in [2.05, 4.69) is 15.8 Å². The van der Waals surface area contributed by atoms with E-state index in [1.807, 2.05) is 43.3 Å². The minimum atomic E-state index is -0.238. The molecular weight excluding hydrogens is 314 g/mol. The third kappa shape index (κ3) is 5.30. The molecule has 0 saturated heterocycles. The molecular formula is C17H18ClN3O2. The van der Waals surface area contributed by atoms with Gasteiger partial charge in [-0.15, -0.1) is 0 Å². The standard InChI is InChI=1S/C17H18ClN3O2/c1-12(13-6-8-16(23-2)9-7-13)20-21-17(22)11-19-15-5-3-4-14(18)10-15/h3-10,19H,11H2,1-2H3,(H,21,22)/b20-12+. The summed E-state index contributed by atoms with van der Waals surface area (Å²) in [6.07, 6.45) is 0. The molecule has 0 saturated carbocycles. The zero-order valence-electron chi connectivity index (χ0n) is 13.0. The van der Waals surface area contributed by atoms with Crippen LogP contribution < -0.4 is 15.5 Å². The summed E-state index contributed by atoms with van der Waals surface area (Å²) in [5.41, 5.74) is 4.92. The van der Waals surface area contributed by atoms with Crippen LogP contribution in [0.25, 0.3) is 0 Å². The molecule has 2 rings (SSSR count). The number of nitrogens with one attached hydrogen (secondary N) is 2. The van der Waals surface area contributed by atoms with Crippen molar-refractivity contribution in [1.82, 2.24) is 5.43 Å². The van der Waals surface area contributed by atoms with Crippen LogP contribution in [0, 0.1) is 0 Å². The lowest BCUT2D eigenvalue weighted by atomic mass is 10.1. The summed E-state index contributed by atoms with van der Waals surface area (Å²) in [4.78, 5) is 11.8. The minimum Gasteiger partial charge on any atom is -0.497 e. The first kappa shape index (κ1) is 16.8. The van der Waals surface area contributed by atoms with Crippen molar-refractivity contribution in [2.24, 2.45) is 5.10 Å². The predicted octanol–water partition coefficient (Wildman–Crippen LogP) is 3.30. The Morgan fingerprint density at radius 3 is 2.61 bits per heavy atom. The third-order valence-electron chi connectivity index (χ3n) is 3.13. The Morgan fingerprint density at radius 2 is 1.96 bits per heavy atom. The van der Waals surface area contributed by atoms with Crippen molar-refractivity contribution in [3.63, 3.8) is 0 Å². The van der Waals surface area contributed by atoms with Crippen LogP contribution in [-0.4, -0.2) is 25.3 Å². The molecule has 2 aromatic carbocycles. The molecule has 0 spiro atoms. The minimum absolute atomic E-state index is 0.111. The Bertz CT molecular complexity index is 699. The topological polar surface area (TPSA) is 62.7 Å². The molecule has 0 aliphatic carbocycles. The van der Waals surface area contributed by atoms with Crippen molar-refractivity contribution >= 4 is 28.9 Å². The van der Waals surface area contributed by atoms with E-state index in [9.17, 15) is 4.79 Å². The number of benzene rings is 2. The van der Waals surface area contributed by atoms with Gasteiger partial charge in [-0.05, 0) is 55.0 Å². The molecule has 2 N–H and O–H groups in total. The predicted molar refractivity (Wildman–Crippen MR) is 93.3 cm³/mol. The third-order valence-corrected chi connectivity index (χ3v) is 3.37. The van der Waals surface area contributed by atoms with Gasteiger partial charge in [0.15, 0.2) is 0 Å². The summed E-state index contributed by atoms with van der Waals surface area (Å²) in [6, 6.07) is 14.6. The molecule has 5 nitrogen and oxygen atoms in total. The molecule has 0 atom stereocenters. The van der Waals surface area contributed by atoms with Gasteiger partial charge < -0.3 is 10.1 Å². The summed E-state index contributed by atoms with van der Waals surface area (Å²) >= 11 is 5.88. The van der Waals surface area contributed by atoms with Crippen LogP contribution in [0.3, 0.4) is 0 Å². The molecule has 0 aliphatic rings. The van der Waals surface area contributed by atoms with Crippen molar-refractivity contribution in [2.75, 3.05) is 19.0 Å². The second kappa shape index (κ2) is 8.19. The van der Waals surface area contributed by atoms with Gasteiger partial charge in [-0.1, -0.05) is 17.7 Å². The van der Waals surface area contributed by atoms with Crippen LogP contribution in [0.2, 0.25) is 5.02 Å². The summed E-state index contributed by atoms with van der Waals surface area (Å²) < 4.78 is 5.10. The number of nitrogens with zero attached hydrogens (tertiary/aromatic N) is 1. The van der Waals surface area contributed by atoms with Crippen molar-refractivity contribution in [2.45, 2.75) is 6.92 Å². The van der Waals surface area contributed by atoms with E-state index in [1.54, 1.807) is 19.2 Å². The van der Waals surface area contributed by atoms with E-state index in [4.69, 9.17) is 16.3 Å². The second-order valence-corrected chi connectivity index (χ2v) is 5.26. The van der Waals surface area contributed by atoms with Gasteiger partial charge in [-0.25, -0.2) is 5.43 Å². The molecule has 0 aliphatic heterocycles.